The minimum atomic E-state index is -0.523. The molecule has 0 aliphatic heterocycles. The summed E-state index contributed by atoms with van der Waals surface area (Å²) in [5, 5.41) is 2.84. The second kappa shape index (κ2) is 6.85. The lowest BCUT2D eigenvalue weighted by atomic mass is 10.0. The van der Waals surface area contributed by atoms with Gasteiger partial charge in [-0.05, 0) is 59.5 Å². The summed E-state index contributed by atoms with van der Waals surface area (Å²) in [6, 6.07) is 12.5. The Bertz CT molecular complexity index is 637. The number of halogens is 2. The molecule has 2 aromatic carbocycles. The van der Waals surface area contributed by atoms with Crippen LogP contribution in [0, 0.1) is 12.7 Å². The molecule has 2 rings (SSSR count). The van der Waals surface area contributed by atoms with E-state index in [-0.39, 0.29) is 11.6 Å². The van der Waals surface area contributed by atoms with E-state index < -0.39 is 11.7 Å². The van der Waals surface area contributed by atoms with Crippen molar-refractivity contribution in [3.63, 3.8) is 0 Å². The number of benzene rings is 2. The maximum absolute atomic E-state index is 13.8. The molecule has 2 aromatic rings. The van der Waals surface area contributed by atoms with Crippen molar-refractivity contribution in [1.29, 1.82) is 0 Å². The minimum Gasteiger partial charge on any atom is -0.349 e. The number of nitrogens with one attached hydrogen (secondary N) is 1. The van der Waals surface area contributed by atoms with Crippen molar-refractivity contribution < 1.29 is 9.18 Å². The molecule has 0 heterocycles. The summed E-state index contributed by atoms with van der Waals surface area (Å²) < 4.78 is 14.2. The molecule has 21 heavy (non-hydrogen) atoms. The van der Waals surface area contributed by atoms with Crippen LogP contribution in [0.15, 0.2) is 46.9 Å². The van der Waals surface area contributed by atoms with Gasteiger partial charge in [-0.1, -0.05) is 30.3 Å². The molecule has 0 aromatic heterocycles. The summed E-state index contributed by atoms with van der Waals surface area (Å²) in [7, 11) is 0. The molecule has 0 bridgehead atoms. The molecule has 1 atom stereocenters. The lowest BCUT2D eigenvalue weighted by molar-refractivity contribution is 0.0935. The predicted octanol–water partition coefficient (Wildman–Crippen LogP) is 4.26. The van der Waals surface area contributed by atoms with Crippen LogP contribution in [-0.2, 0) is 6.42 Å². The lowest BCUT2D eigenvalue weighted by Crippen LogP contribution is -2.35. The van der Waals surface area contributed by atoms with E-state index in [1.165, 1.54) is 17.2 Å². The van der Waals surface area contributed by atoms with E-state index in [2.05, 4.69) is 21.2 Å². The van der Waals surface area contributed by atoms with Gasteiger partial charge in [-0.15, -0.1) is 0 Å². The van der Waals surface area contributed by atoms with Crippen LogP contribution in [0.25, 0.3) is 0 Å². The topological polar surface area (TPSA) is 29.1 Å². The first-order valence-electron chi connectivity index (χ1n) is 6.78. The normalized spacial score (nSPS) is 12.0. The Morgan fingerprint density at radius 1 is 1.24 bits per heavy atom. The van der Waals surface area contributed by atoms with E-state index in [0.29, 0.717) is 10.9 Å². The molecule has 1 N–H and O–H groups in total. The zero-order valence-corrected chi connectivity index (χ0v) is 13.6. The van der Waals surface area contributed by atoms with Crippen molar-refractivity contribution >= 4 is 21.8 Å². The van der Waals surface area contributed by atoms with E-state index in [4.69, 9.17) is 0 Å². The van der Waals surface area contributed by atoms with Crippen molar-refractivity contribution in [2.45, 2.75) is 26.3 Å². The van der Waals surface area contributed by atoms with Crippen molar-refractivity contribution in [2.75, 3.05) is 0 Å². The second-order valence-electron chi connectivity index (χ2n) is 5.10. The van der Waals surface area contributed by atoms with Gasteiger partial charge in [0.25, 0.3) is 5.91 Å². The van der Waals surface area contributed by atoms with Crippen LogP contribution in [-0.4, -0.2) is 11.9 Å². The zero-order chi connectivity index (χ0) is 15.4. The Hall–Kier alpha value is -1.68. The van der Waals surface area contributed by atoms with Gasteiger partial charge < -0.3 is 5.32 Å². The summed E-state index contributed by atoms with van der Waals surface area (Å²) in [5.74, 6) is -0.925. The fraction of sp³-hybridized carbons (Fsp3) is 0.235. The first kappa shape index (κ1) is 15.7. The van der Waals surface area contributed by atoms with Crippen LogP contribution in [0.2, 0.25) is 0 Å². The number of hydrogen-bond acceptors (Lipinski definition) is 1. The summed E-state index contributed by atoms with van der Waals surface area (Å²) in [4.78, 5) is 12.2. The van der Waals surface area contributed by atoms with Crippen molar-refractivity contribution in [3.8, 4) is 0 Å². The lowest BCUT2D eigenvalue weighted by Gasteiger charge is -2.16. The van der Waals surface area contributed by atoms with Crippen molar-refractivity contribution in [3.05, 3.63) is 69.4 Å². The molecular weight excluding hydrogens is 333 g/mol. The van der Waals surface area contributed by atoms with E-state index >= 15 is 0 Å². The zero-order valence-electron chi connectivity index (χ0n) is 12.0. The average molecular weight is 350 g/mol. The Morgan fingerprint density at radius 2 is 1.95 bits per heavy atom. The third kappa shape index (κ3) is 3.91. The summed E-state index contributed by atoms with van der Waals surface area (Å²) in [6.45, 7) is 3.95. The Balaban J connectivity index is 2.08. The fourth-order valence-electron chi connectivity index (χ4n) is 2.23. The van der Waals surface area contributed by atoms with Crippen LogP contribution < -0.4 is 5.32 Å². The number of hydrogen-bond donors (Lipinski definition) is 1. The molecule has 0 fully saturated rings. The van der Waals surface area contributed by atoms with Gasteiger partial charge in [0.15, 0.2) is 0 Å². The molecule has 110 valence electrons. The van der Waals surface area contributed by atoms with Gasteiger partial charge >= 0.3 is 0 Å². The van der Waals surface area contributed by atoms with Gasteiger partial charge in [-0.3, -0.25) is 4.79 Å². The second-order valence-corrected chi connectivity index (χ2v) is 5.96. The van der Waals surface area contributed by atoms with Gasteiger partial charge in [0.1, 0.15) is 5.82 Å². The molecule has 0 saturated carbocycles. The van der Waals surface area contributed by atoms with Gasteiger partial charge in [0, 0.05) is 10.5 Å². The highest BCUT2D eigenvalue weighted by atomic mass is 79.9. The molecule has 0 aliphatic rings. The van der Waals surface area contributed by atoms with Crippen LogP contribution in [0.4, 0.5) is 4.39 Å². The molecule has 1 amide bonds. The number of amides is 1. The molecule has 1 unspecified atom stereocenters. The molecule has 0 radical (unpaired) electrons. The quantitative estimate of drug-likeness (QED) is 0.877. The Morgan fingerprint density at radius 3 is 2.62 bits per heavy atom. The molecule has 0 saturated heterocycles. The third-order valence-electron chi connectivity index (χ3n) is 3.35. The Labute approximate surface area is 132 Å². The standard InChI is InChI=1S/C17H17BrFNO/c1-11-6-3-4-7-13(11)10-12(2)20-17(21)16-14(18)8-5-9-15(16)19/h3-9,12H,10H2,1-2H3,(H,20,21). The van der Waals surface area contributed by atoms with Gasteiger partial charge in [-0.25, -0.2) is 4.39 Å². The van der Waals surface area contributed by atoms with E-state index in [1.54, 1.807) is 12.1 Å². The first-order valence-corrected chi connectivity index (χ1v) is 7.57. The van der Waals surface area contributed by atoms with Crippen molar-refractivity contribution in [2.24, 2.45) is 0 Å². The fourth-order valence-corrected chi connectivity index (χ4v) is 2.75. The van der Waals surface area contributed by atoms with Crippen LogP contribution >= 0.6 is 15.9 Å². The van der Waals surface area contributed by atoms with Crippen LogP contribution in [0.5, 0.6) is 0 Å². The number of carbonyl (C=O) groups is 1. The highest BCUT2D eigenvalue weighted by molar-refractivity contribution is 9.10. The third-order valence-corrected chi connectivity index (χ3v) is 4.02. The Kier molecular flexibility index (Phi) is 5.12. The van der Waals surface area contributed by atoms with Crippen LogP contribution in [0.1, 0.15) is 28.4 Å². The monoisotopic (exact) mass is 349 g/mol. The summed E-state index contributed by atoms with van der Waals surface area (Å²) >= 11 is 3.22. The van der Waals surface area contributed by atoms with E-state index in [0.717, 1.165) is 0 Å². The predicted molar refractivity (Wildman–Crippen MR) is 85.9 cm³/mol. The molecule has 4 heteroatoms. The number of aryl methyl sites for hydroxylation is 1. The minimum absolute atomic E-state index is 0.0501. The van der Waals surface area contributed by atoms with E-state index in [9.17, 15) is 9.18 Å². The first-order chi connectivity index (χ1) is 9.99. The highest BCUT2D eigenvalue weighted by Gasteiger charge is 2.17. The van der Waals surface area contributed by atoms with Crippen molar-refractivity contribution in [1.82, 2.24) is 5.32 Å². The summed E-state index contributed by atoms with van der Waals surface area (Å²) in [6.07, 6.45) is 0.713. The molecule has 0 spiro atoms. The van der Waals surface area contributed by atoms with Gasteiger partial charge in [0.2, 0.25) is 0 Å². The van der Waals surface area contributed by atoms with E-state index in [1.807, 2.05) is 38.1 Å². The van der Waals surface area contributed by atoms with Crippen LogP contribution in [0.3, 0.4) is 0 Å². The number of carbonyl (C=O) groups excluding carboxylic acids is 1. The maximum atomic E-state index is 13.8. The highest BCUT2D eigenvalue weighted by Crippen LogP contribution is 2.20. The molecular formula is C17H17BrFNO. The molecule has 0 aliphatic carbocycles. The van der Waals surface area contributed by atoms with Gasteiger partial charge in [-0.2, -0.15) is 0 Å². The summed E-state index contributed by atoms with van der Waals surface area (Å²) in [5.41, 5.74) is 2.41. The largest absolute Gasteiger partial charge is 0.349 e. The van der Waals surface area contributed by atoms with Gasteiger partial charge in [0.05, 0.1) is 5.56 Å². The average Bonchev–Trinajstić information content (AvgIpc) is 2.41. The SMILES string of the molecule is Cc1ccccc1CC(C)NC(=O)c1c(F)cccc1Br. The smallest absolute Gasteiger partial charge is 0.255 e. The molecule has 2 nitrogen and oxygen atoms in total. The number of rotatable bonds is 4. The maximum Gasteiger partial charge on any atom is 0.255 e.